The lowest BCUT2D eigenvalue weighted by atomic mass is 10.3. The van der Waals surface area contributed by atoms with Gasteiger partial charge in [-0.25, -0.2) is 16.8 Å². The second-order valence-corrected chi connectivity index (χ2v) is 7.64. The Morgan fingerprint density at radius 1 is 1.27 bits per heavy atom. The number of epoxide rings is 1. The first-order valence-electron chi connectivity index (χ1n) is 5.66. The number of ether oxygens (including phenoxy) is 2. The van der Waals surface area contributed by atoms with Gasteiger partial charge < -0.3 is 13.6 Å². The van der Waals surface area contributed by atoms with Gasteiger partial charge in [-0.1, -0.05) is 6.07 Å². The molecule has 12 heteroatoms. The minimum Gasteiger partial charge on any atom is -0.491 e. The lowest BCUT2D eigenvalue weighted by Crippen LogP contribution is -2.24. The zero-order valence-corrected chi connectivity index (χ0v) is 12.3. The molecule has 1 aromatic rings. The van der Waals surface area contributed by atoms with Crippen molar-refractivity contribution in [2.75, 3.05) is 13.2 Å². The largest absolute Gasteiger partial charge is 0.491 e. The van der Waals surface area contributed by atoms with Gasteiger partial charge in [-0.15, -0.1) is 0 Å². The molecule has 0 spiro atoms. The zero-order valence-electron chi connectivity index (χ0n) is 10.6. The van der Waals surface area contributed by atoms with E-state index in [0.29, 0.717) is 6.61 Å². The van der Waals surface area contributed by atoms with Crippen molar-refractivity contribution < 1.29 is 39.5 Å². The molecule has 0 amide bonds. The highest BCUT2D eigenvalue weighted by molar-refractivity contribution is 8.12. The number of alkyl halides is 3. The molecule has 0 aliphatic carbocycles. The molecule has 1 fully saturated rings. The van der Waals surface area contributed by atoms with Crippen LogP contribution < -0.4 is 4.74 Å². The van der Waals surface area contributed by atoms with E-state index >= 15 is 0 Å². The summed E-state index contributed by atoms with van der Waals surface area (Å²) in [5, 5.41) is 0. The van der Waals surface area contributed by atoms with Gasteiger partial charge in [-0.2, -0.15) is 13.2 Å². The molecule has 1 atom stereocenters. The topological polar surface area (TPSA) is 104 Å². The first-order valence-corrected chi connectivity index (χ1v) is 8.54. The molecule has 7 nitrogen and oxygen atoms in total. The quantitative estimate of drug-likeness (QED) is 0.710. The smallest absolute Gasteiger partial charge is 0.480 e. The fourth-order valence-corrected chi connectivity index (χ4v) is 3.52. The molecule has 1 heterocycles. The van der Waals surface area contributed by atoms with Crippen LogP contribution in [0.3, 0.4) is 0 Å². The summed E-state index contributed by atoms with van der Waals surface area (Å²) in [5.41, 5.74) is -5.79. The predicted molar refractivity (Wildman–Crippen MR) is 67.2 cm³/mol. The normalized spacial score (nSPS) is 19.0. The highest BCUT2D eigenvalue weighted by atomic mass is 32.3. The number of halogens is 3. The van der Waals surface area contributed by atoms with Crippen LogP contribution in [0, 0.1) is 0 Å². The summed E-state index contributed by atoms with van der Waals surface area (Å²) in [7, 11) is -11.2. The molecule has 0 saturated carbocycles. The maximum Gasteiger partial charge on any atom is 0.480 e. The Bertz CT molecular complexity index is 755. The molecule has 1 aliphatic rings. The van der Waals surface area contributed by atoms with Gasteiger partial charge in [0.1, 0.15) is 28.5 Å². The average Bonchev–Trinajstić information content (AvgIpc) is 3.18. The molecule has 0 aromatic heterocycles. The van der Waals surface area contributed by atoms with E-state index in [-0.39, 0.29) is 18.5 Å². The molecule has 22 heavy (non-hydrogen) atoms. The minimum atomic E-state index is -6.16. The van der Waals surface area contributed by atoms with Crippen molar-refractivity contribution in [3.05, 3.63) is 28.4 Å². The van der Waals surface area contributed by atoms with E-state index < -0.39 is 30.5 Å². The molecular formula is C10H9F3NO6S2-. The summed E-state index contributed by atoms with van der Waals surface area (Å²) < 4.78 is 93.6. The van der Waals surface area contributed by atoms with Crippen molar-refractivity contribution in [2.24, 2.45) is 0 Å². The molecule has 1 saturated heterocycles. The zero-order chi connectivity index (χ0) is 16.6. The van der Waals surface area contributed by atoms with Crippen LogP contribution in [0.5, 0.6) is 5.75 Å². The Labute approximate surface area is 124 Å². The third kappa shape index (κ3) is 4.09. The van der Waals surface area contributed by atoms with Crippen molar-refractivity contribution in [1.82, 2.24) is 0 Å². The van der Waals surface area contributed by atoms with E-state index in [9.17, 15) is 30.0 Å². The third-order valence-corrected chi connectivity index (χ3v) is 5.44. The average molecular weight is 360 g/mol. The number of nitrogens with zero attached hydrogens (tertiary/aromatic N) is 1. The summed E-state index contributed by atoms with van der Waals surface area (Å²) in [4.78, 5) is -0.727. The highest BCUT2D eigenvalue weighted by Gasteiger charge is 2.40. The van der Waals surface area contributed by atoms with Gasteiger partial charge in [0, 0.05) is 0 Å². The standard InChI is InChI=1S/C10H9F3NO6S2/c11-10(12,13)22(17,18)14-21(15,16)9-3-1-2-7(4-9)19-5-8-6-20-8/h1-4,8H,5-6H2/q-1. The SMILES string of the molecule is O=S(=O)([N-]S(=O)(=O)C(F)(F)F)c1cccc(OCC2CO2)c1. The molecule has 1 aliphatic heterocycles. The minimum absolute atomic E-state index is 0.0381. The summed E-state index contributed by atoms with van der Waals surface area (Å²) in [6.07, 6.45) is -0.115. The van der Waals surface area contributed by atoms with E-state index in [2.05, 4.69) is 0 Å². The van der Waals surface area contributed by atoms with E-state index in [4.69, 9.17) is 9.47 Å². The van der Waals surface area contributed by atoms with Gasteiger partial charge in [0.25, 0.3) is 0 Å². The van der Waals surface area contributed by atoms with Crippen LogP contribution in [-0.4, -0.2) is 41.7 Å². The maximum atomic E-state index is 12.2. The molecular weight excluding hydrogens is 351 g/mol. The predicted octanol–water partition coefficient (Wildman–Crippen LogP) is 1.38. The van der Waals surface area contributed by atoms with Gasteiger partial charge in [0.2, 0.25) is 0 Å². The van der Waals surface area contributed by atoms with Crippen LogP contribution >= 0.6 is 0 Å². The fraction of sp³-hybridized carbons (Fsp3) is 0.400. The maximum absolute atomic E-state index is 12.2. The van der Waals surface area contributed by atoms with E-state index in [1.807, 2.05) is 4.13 Å². The van der Waals surface area contributed by atoms with Crippen LogP contribution in [0.25, 0.3) is 4.13 Å². The molecule has 2 rings (SSSR count). The van der Waals surface area contributed by atoms with Crippen molar-refractivity contribution in [1.29, 1.82) is 0 Å². The highest BCUT2D eigenvalue weighted by Crippen LogP contribution is 2.33. The van der Waals surface area contributed by atoms with Crippen LogP contribution in [0.4, 0.5) is 13.2 Å². The molecule has 124 valence electrons. The molecule has 0 radical (unpaired) electrons. The number of hydrogen-bond donors (Lipinski definition) is 0. The monoisotopic (exact) mass is 360 g/mol. The Hall–Kier alpha value is -1.37. The molecule has 0 bridgehead atoms. The van der Waals surface area contributed by atoms with Crippen LogP contribution in [0.15, 0.2) is 29.2 Å². The van der Waals surface area contributed by atoms with Gasteiger partial charge in [0.15, 0.2) is 10.0 Å². The van der Waals surface area contributed by atoms with Gasteiger partial charge in [-0.05, 0) is 18.2 Å². The number of sulfonamides is 2. The lowest BCUT2D eigenvalue weighted by Gasteiger charge is -2.22. The van der Waals surface area contributed by atoms with Crippen LogP contribution in [0.2, 0.25) is 0 Å². The molecule has 0 N–H and O–H groups in total. The van der Waals surface area contributed by atoms with E-state index in [1.165, 1.54) is 12.1 Å². The summed E-state index contributed by atoms with van der Waals surface area (Å²) in [6, 6.07) is 4.34. The Kier molecular flexibility index (Phi) is 4.39. The van der Waals surface area contributed by atoms with E-state index in [0.717, 1.165) is 12.1 Å². The number of rotatable bonds is 6. The van der Waals surface area contributed by atoms with Crippen molar-refractivity contribution in [3.63, 3.8) is 0 Å². The summed E-state index contributed by atoms with van der Waals surface area (Å²) in [5.74, 6) is 0.0381. The number of benzene rings is 1. The van der Waals surface area contributed by atoms with Crippen LogP contribution in [0.1, 0.15) is 0 Å². The second-order valence-electron chi connectivity index (χ2n) is 4.21. The van der Waals surface area contributed by atoms with Crippen molar-refractivity contribution >= 4 is 20.0 Å². The fourth-order valence-electron chi connectivity index (χ4n) is 1.29. The lowest BCUT2D eigenvalue weighted by molar-refractivity contribution is -0.0425. The first kappa shape index (κ1) is 17.0. The first-order chi connectivity index (χ1) is 10.0. The Balaban J connectivity index is 2.20. The molecule has 1 aromatic carbocycles. The summed E-state index contributed by atoms with van der Waals surface area (Å²) in [6.45, 7) is 0.638. The molecule has 1 unspecified atom stereocenters. The van der Waals surface area contributed by atoms with Crippen molar-refractivity contribution in [2.45, 2.75) is 16.5 Å². The second kappa shape index (κ2) is 5.68. The van der Waals surface area contributed by atoms with Crippen LogP contribution in [-0.2, 0) is 24.8 Å². The van der Waals surface area contributed by atoms with Gasteiger partial charge in [0.05, 0.1) is 11.5 Å². The third-order valence-electron chi connectivity index (χ3n) is 2.43. The van der Waals surface area contributed by atoms with Crippen molar-refractivity contribution in [3.8, 4) is 5.75 Å². The Morgan fingerprint density at radius 2 is 1.91 bits per heavy atom. The Morgan fingerprint density at radius 3 is 2.45 bits per heavy atom. The summed E-state index contributed by atoms with van der Waals surface area (Å²) >= 11 is 0. The van der Waals surface area contributed by atoms with Gasteiger partial charge in [-0.3, -0.25) is 0 Å². The number of hydrogen-bond acceptors (Lipinski definition) is 6. The van der Waals surface area contributed by atoms with Gasteiger partial charge >= 0.3 is 5.51 Å². The van der Waals surface area contributed by atoms with E-state index in [1.54, 1.807) is 0 Å².